The lowest BCUT2D eigenvalue weighted by Gasteiger charge is -2.08. The van der Waals surface area contributed by atoms with Gasteiger partial charge in [0.15, 0.2) is 0 Å². The molecule has 3 rings (SSSR count). The largest absolute Gasteiger partial charge is 0.497 e. The number of methoxy groups -OCH3 is 1. The molecule has 0 heterocycles. The summed E-state index contributed by atoms with van der Waals surface area (Å²) < 4.78 is 11.1. The molecule has 0 spiro atoms. The van der Waals surface area contributed by atoms with E-state index in [1.165, 1.54) is 0 Å². The van der Waals surface area contributed by atoms with Gasteiger partial charge in [0.2, 0.25) is 0 Å². The summed E-state index contributed by atoms with van der Waals surface area (Å²) in [5.41, 5.74) is 5.97. The summed E-state index contributed by atoms with van der Waals surface area (Å²) in [5, 5.41) is 4.25. The Kier molecular flexibility index (Phi) is 5.67. The lowest BCUT2D eigenvalue weighted by molar-refractivity contribution is 0.305. The molecule has 0 bridgehead atoms. The monoisotopic (exact) mass is 332 g/mol. The number of nitrogens with one attached hydrogen (secondary N) is 1. The van der Waals surface area contributed by atoms with E-state index in [-0.39, 0.29) is 0 Å². The van der Waals surface area contributed by atoms with E-state index in [0.29, 0.717) is 6.61 Å². The summed E-state index contributed by atoms with van der Waals surface area (Å²) in [6.45, 7) is 0.486. The Morgan fingerprint density at radius 1 is 0.880 bits per heavy atom. The third-order valence-corrected chi connectivity index (χ3v) is 3.58. The molecule has 0 fully saturated rings. The Morgan fingerprint density at radius 3 is 2.52 bits per heavy atom. The molecule has 25 heavy (non-hydrogen) atoms. The van der Waals surface area contributed by atoms with Gasteiger partial charge in [0.05, 0.1) is 19.0 Å². The molecule has 0 amide bonds. The minimum absolute atomic E-state index is 0.486. The summed E-state index contributed by atoms with van der Waals surface area (Å²) in [5.74, 6) is 1.63. The van der Waals surface area contributed by atoms with Crippen molar-refractivity contribution in [3.63, 3.8) is 0 Å². The summed E-state index contributed by atoms with van der Waals surface area (Å²) in [6.07, 6.45) is 1.77. The molecule has 4 nitrogen and oxygen atoms in total. The molecule has 1 N–H and O–H groups in total. The molecule has 0 unspecified atom stereocenters. The first-order valence-corrected chi connectivity index (χ1v) is 8.03. The van der Waals surface area contributed by atoms with Gasteiger partial charge in [-0.1, -0.05) is 42.5 Å². The molecule has 4 heteroatoms. The number of hydrogen-bond donors (Lipinski definition) is 1. The third-order valence-electron chi connectivity index (χ3n) is 3.58. The number of hydrazone groups is 1. The van der Waals surface area contributed by atoms with Crippen molar-refractivity contribution in [3.05, 3.63) is 90.0 Å². The van der Waals surface area contributed by atoms with E-state index >= 15 is 0 Å². The highest BCUT2D eigenvalue weighted by Gasteiger charge is 1.99. The highest BCUT2D eigenvalue weighted by molar-refractivity contribution is 5.80. The normalized spacial score (nSPS) is 10.6. The van der Waals surface area contributed by atoms with Crippen LogP contribution in [0.1, 0.15) is 11.1 Å². The predicted octanol–water partition coefficient (Wildman–Crippen LogP) is 4.72. The van der Waals surface area contributed by atoms with E-state index in [2.05, 4.69) is 10.5 Å². The maximum atomic E-state index is 5.86. The second-order valence-corrected chi connectivity index (χ2v) is 5.45. The van der Waals surface area contributed by atoms with Gasteiger partial charge < -0.3 is 9.47 Å². The zero-order valence-electron chi connectivity index (χ0n) is 14.1. The van der Waals surface area contributed by atoms with Gasteiger partial charge in [-0.2, -0.15) is 5.10 Å². The summed E-state index contributed by atoms with van der Waals surface area (Å²) in [6, 6.07) is 25.5. The van der Waals surface area contributed by atoms with Crippen molar-refractivity contribution in [2.45, 2.75) is 6.61 Å². The quantitative estimate of drug-likeness (QED) is 0.503. The van der Waals surface area contributed by atoms with Crippen LogP contribution in [0, 0.1) is 0 Å². The minimum Gasteiger partial charge on any atom is -0.497 e. The Bertz CT molecular complexity index is 832. The summed E-state index contributed by atoms with van der Waals surface area (Å²) >= 11 is 0. The number of rotatable bonds is 7. The molecule has 0 aliphatic rings. The van der Waals surface area contributed by atoms with Crippen LogP contribution >= 0.6 is 0 Å². The van der Waals surface area contributed by atoms with Crippen LogP contribution in [0.15, 0.2) is 84.0 Å². The van der Waals surface area contributed by atoms with Gasteiger partial charge in [-0.3, -0.25) is 5.43 Å². The molecule has 0 radical (unpaired) electrons. The van der Waals surface area contributed by atoms with Crippen LogP contribution in [-0.4, -0.2) is 13.3 Å². The zero-order chi connectivity index (χ0) is 17.3. The smallest absolute Gasteiger partial charge is 0.120 e. The van der Waals surface area contributed by atoms with E-state index in [4.69, 9.17) is 9.47 Å². The van der Waals surface area contributed by atoms with Crippen LogP contribution in [0.25, 0.3) is 0 Å². The van der Waals surface area contributed by atoms with Crippen molar-refractivity contribution in [2.24, 2.45) is 5.10 Å². The summed E-state index contributed by atoms with van der Waals surface area (Å²) in [7, 11) is 1.66. The minimum atomic E-state index is 0.486. The van der Waals surface area contributed by atoms with Gasteiger partial charge in [0, 0.05) is 0 Å². The van der Waals surface area contributed by atoms with Gasteiger partial charge in [0.1, 0.15) is 18.1 Å². The Labute approximate surface area is 147 Å². The third kappa shape index (κ3) is 5.11. The second kappa shape index (κ2) is 8.55. The number of para-hydroxylation sites is 1. The molecule has 0 atom stereocenters. The molecular formula is C21H20N2O2. The molecule has 0 saturated carbocycles. The van der Waals surface area contributed by atoms with Crippen LogP contribution in [-0.2, 0) is 6.61 Å². The average molecular weight is 332 g/mol. The van der Waals surface area contributed by atoms with E-state index in [1.54, 1.807) is 13.3 Å². The van der Waals surface area contributed by atoms with Crippen molar-refractivity contribution in [1.29, 1.82) is 0 Å². The number of ether oxygens (including phenoxy) is 2. The molecule has 3 aromatic rings. The zero-order valence-corrected chi connectivity index (χ0v) is 14.1. The fourth-order valence-electron chi connectivity index (χ4n) is 2.31. The van der Waals surface area contributed by atoms with Crippen LogP contribution in [0.2, 0.25) is 0 Å². The lowest BCUT2D eigenvalue weighted by Crippen LogP contribution is -1.97. The van der Waals surface area contributed by atoms with Gasteiger partial charge in [-0.25, -0.2) is 0 Å². The SMILES string of the molecule is COc1cccc(COc2cccc(C=NNc3ccccc3)c2)c1. The lowest BCUT2D eigenvalue weighted by atomic mass is 10.2. The van der Waals surface area contributed by atoms with E-state index in [0.717, 1.165) is 28.3 Å². The van der Waals surface area contributed by atoms with Gasteiger partial charge >= 0.3 is 0 Å². The molecule has 0 aliphatic heterocycles. The van der Waals surface area contributed by atoms with E-state index in [9.17, 15) is 0 Å². The van der Waals surface area contributed by atoms with Gasteiger partial charge in [-0.05, 0) is 47.5 Å². The van der Waals surface area contributed by atoms with Crippen molar-refractivity contribution < 1.29 is 9.47 Å². The Balaban J connectivity index is 1.59. The number of benzene rings is 3. The van der Waals surface area contributed by atoms with Crippen molar-refractivity contribution in [3.8, 4) is 11.5 Å². The van der Waals surface area contributed by atoms with E-state index < -0.39 is 0 Å². The van der Waals surface area contributed by atoms with Crippen LogP contribution in [0.3, 0.4) is 0 Å². The first kappa shape index (κ1) is 16.6. The van der Waals surface area contributed by atoms with Gasteiger partial charge in [0.25, 0.3) is 0 Å². The van der Waals surface area contributed by atoms with Crippen molar-refractivity contribution >= 4 is 11.9 Å². The molecule has 0 saturated heterocycles. The van der Waals surface area contributed by atoms with Crippen molar-refractivity contribution in [1.82, 2.24) is 0 Å². The standard InChI is InChI=1S/C21H20N2O2/c1-24-20-11-6-8-18(14-20)16-25-21-12-5-7-17(13-21)15-22-23-19-9-3-2-4-10-19/h2-15,23H,16H2,1H3. The van der Waals surface area contributed by atoms with Crippen LogP contribution in [0.5, 0.6) is 11.5 Å². The molecule has 126 valence electrons. The molecule has 0 aromatic heterocycles. The molecular weight excluding hydrogens is 312 g/mol. The van der Waals surface area contributed by atoms with E-state index in [1.807, 2.05) is 78.9 Å². The average Bonchev–Trinajstić information content (AvgIpc) is 2.68. The fourth-order valence-corrected chi connectivity index (χ4v) is 2.31. The molecule has 3 aromatic carbocycles. The van der Waals surface area contributed by atoms with Crippen LogP contribution in [0.4, 0.5) is 5.69 Å². The Morgan fingerprint density at radius 2 is 1.68 bits per heavy atom. The first-order valence-electron chi connectivity index (χ1n) is 8.03. The van der Waals surface area contributed by atoms with Crippen LogP contribution < -0.4 is 14.9 Å². The van der Waals surface area contributed by atoms with Gasteiger partial charge in [-0.15, -0.1) is 0 Å². The maximum absolute atomic E-state index is 5.86. The topological polar surface area (TPSA) is 42.9 Å². The Hall–Kier alpha value is -3.27. The number of hydrogen-bond acceptors (Lipinski definition) is 4. The second-order valence-electron chi connectivity index (χ2n) is 5.45. The highest BCUT2D eigenvalue weighted by Crippen LogP contribution is 2.17. The molecule has 0 aliphatic carbocycles. The predicted molar refractivity (Wildman–Crippen MR) is 101 cm³/mol. The maximum Gasteiger partial charge on any atom is 0.120 e. The van der Waals surface area contributed by atoms with Crippen molar-refractivity contribution in [2.75, 3.05) is 12.5 Å². The summed E-state index contributed by atoms with van der Waals surface area (Å²) in [4.78, 5) is 0. The number of anilines is 1. The number of nitrogens with zero attached hydrogens (tertiary/aromatic N) is 1. The first-order chi connectivity index (χ1) is 12.3. The highest BCUT2D eigenvalue weighted by atomic mass is 16.5. The fraction of sp³-hybridized carbons (Fsp3) is 0.0952.